The summed E-state index contributed by atoms with van der Waals surface area (Å²) in [5.41, 5.74) is 2.17. The first-order chi connectivity index (χ1) is 18.5. The Morgan fingerprint density at radius 2 is 1.59 bits per heavy atom. The van der Waals surface area contributed by atoms with E-state index in [4.69, 9.17) is 9.47 Å². The van der Waals surface area contributed by atoms with Crippen molar-refractivity contribution in [1.82, 2.24) is 9.13 Å². The summed E-state index contributed by atoms with van der Waals surface area (Å²) in [5.74, 6) is 1.11. The first-order valence-electron chi connectivity index (χ1n) is 13.0. The lowest BCUT2D eigenvalue weighted by atomic mass is 10.0. The summed E-state index contributed by atoms with van der Waals surface area (Å²) < 4.78 is 41.7. The zero-order chi connectivity index (χ0) is 28.3. The molecule has 0 saturated heterocycles. The van der Waals surface area contributed by atoms with E-state index in [0.717, 1.165) is 6.42 Å². The van der Waals surface area contributed by atoms with Gasteiger partial charge in [0.25, 0.3) is 0 Å². The van der Waals surface area contributed by atoms with Gasteiger partial charge in [-0.15, -0.1) is 0 Å². The largest absolute Gasteiger partial charge is 0.493 e. The van der Waals surface area contributed by atoms with Crippen LogP contribution in [0.4, 0.5) is 0 Å². The normalized spacial score (nSPS) is 11.7. The van der Waals surface area contributed by atoms with Crippen molar-refractivity contribution in [2.24, 2.45) is 20.0 Å². The van der Waals surface area contributed by atoms with Crippen molar-refractivity contribution in [1.29, 1.82) is 0 Å². The summed E-state index contributed by atoms with van der Waals surface area (Å²) in [6, 6.07) is 17.0. The summed E-state index contributed by atoms with van der Waals surface area (Å²) >= 11 is 0. The molecule has 0 spiro atoms. The number of ether oxygens (including phenoxy) is 2. The molecule has 1 aromatic heterocycles. The van der Waals surface area contributed by atoms with Crippen molar-refractivity contribution in [3.05, 3.63) is 82.3 Å². The van der Waals surface area contributed by atoms with E-state index in [1.165, 1.54) is 21.3 Å². The SMILES string of the molecule is CCCOc1cccc(Oc2cc3c(cc2CCS(=O)(=O)c2cccc(C(=O)C(C)C)c2)n(C)c(=O)n3C)c1. The van der Waals surface area contributed by atoms with Gasteiger partial charge in [0.2, 0.25) is 0 Å². The van der Waals surface area contributed by atoms with Crippen molar-refractivity contribution in [3.63, 3.8) is 0 Å². The molecule has 0 unspecified atom stereocenters. The summed E-state index contributed by atoms with van der Waals surface area (Å²) in [6.07, 6.45) is 1.02. The van der Waals surface area contributed by atoms with Gasteiger partial charge in [0.1, 0.15) is 17.2 Å². The van der Waals surface area contributed by atoms with Crippen LogP contribution in [0.1, 0.15) is 43.1 Å². The Kier molecular flexibility index (Phi) is 8.30. The molecule has 0 atom stereocenters. The second kappa shape index (κ2) is 11.5. The Hall–Kier alpha value is -3.85. The van der Waals surface area contributed by atoms with Gasteiger partial charge in [-0.3, -0.25) is 13.9 Å². The molecule has 0 bridgehead atoms. The molecule has 9 heteroatoms. The molecule has 3 aromatic carbocycles. The average molecular weight is 551 g/mol. The number of sulfone groups is 1. The van der Waals surface area contributed by atoms with E-state index < -0.39 is 9.84 Å². The molecule has 0 N–H and O–H groups in total. The highest BCUT2D eigenvalue weighted by Gasteiger charge is 2.21. The molecule has 0 saturated carbocycles. The van der Waals surface area contributed by atoms with Crippen molar-refractivity contribution >= 4 is 26.7 Å². The number of nitrogens with zero attached hydrogens (tertiary/aromatic N) is 2. The van der Waals surface area contributed by atoms with Gasteiger partial charge in [0, 0.05) is 37.7 Å². The van der Waals surface area contributed by atoms with Gasteiger partial charge in [-0.1, -0.05) is 39.0 Å². The van der Waals surface area contributed by atoms with Crippen LogP contribution >= 0.6 is 0 Å². The summed E-state index contributed by atoms with van der Waals surface area (Å²) in [4.78, 5) is 25.1. The molecule has 39 heavy (non-hydrogen) atoms. The van der Waals surface area contributed by atoms with Crippen LogP contribution in [-0.2, 0) is 30.4 Å². The predicted octanol–water partition coefficient (Wildman–Crippen LogP) is 5.31. The first-order valence-corrected chi connectivity index (χ1v) is 14.6. The highest BCUT2D eigenvalue weighted by Crippen LogP contribution is 2.32. The van der Waals surface area contributed by atoms with Crippen LogP contribution in [-0.4, -0.2) is 35.7 Å². The van der Waals surface area contributed by atoms with Gasteiger partial charge in [0.15, 0.2) is 15.6 Å². The lowest BCUT2D eigenvalue weighted by molar-refractivity contribution is 0.0939. The van der Waals surface area contributed by atoms with Gasteiger partial charge in [-0.2, -0.15) is 0 Å². The highest BCUT2D eigenvalue weighted by molar-refractivity contribution is 7.91. The number of aryl methyl sites for hydroxylation is 3. The number of fused-ring (bicyclic) bond motifs is 1. The maximum absolute atomic E-state index is 13.3. The number of imidazole rings is 1. The second-order valence-electron chi connectivity index (χ2n) is 9.89. The number of Topliss-reactive ketones (excluding diaryl/α,β-unsaturated/α-hetero) is 1. The lowest BCUT2D eigenvalue weighted by Crippen LogP contribution is -2.19. The number of ketones is 1. The summed E-state index contributed by atoms with van der Waals surface area (Å²) in [5, 5.41) is 0. The van der Waals surface area contributed by atoms with E-state index in [9.17, 15) is 18.0 Å². The molecular formula is C30H34N2O6S. The Balaban J connectivity index is 1.69. The van der Waals surface area contributed by atoms with Crippen LogP contribution < -0.4 is 15.2 Å². The number of benzene rings is 3. The van der Waals surface area contributed by atoms with Crippen LogP contribution in [0.2, 0.25) is 0 Å². The van der Waals surface area contributed by atoms with Crippen molar-refractivity contribution in [2.75, 3.05) is 12.4 Å². The van der Waals surface area contributed by atoms with Gasteiger partial charge < -0.3 is 9.47 Å². The number of hydrogen-bond donors (Lipinski definition) is 0. The fraction of sp³-hybridized carbons (Fsp3) is 0.333. The minimum absolute atomic E-state index is 0.102. The van der Waals surface area contributed by atoms with Crippen molar-refractivity contribution < 1.29 is 22.7 Å². The van der Waals surface area contributed by atoms with Crippen molar-refractivity contribution in [2.45, 2.75) is 38.5 Å². The van der Waals surface area contributed by atoms with Crippen LogP contribution in [0.3, 0.4) is 0 Å². The monoisotopic (exact) mass is 550 g/mol. The Morgan fingerprint density at radius 1 is 0.923 bits per heavy atom. The third-order valence-electron chi connectivity index (χ3n) is 6.60. The van der Waals surface area contributed by atoms with Gasteiger partial charge in [-0.25, -0.2) is 13.2 Å². The maximum Gasteiger partial charge on any atom is 0.328 e. The average Bonchev–Trinajstić information content (AvgIpc) is 3.13. The summed E-state index contributed by atoms with van der Waals surface area (Å²) in [6.45, 7) is 6.17. The fourth-order valence-electron chi connectivity index (χ4n) is 4.37. The highest BCUT2D eigenvalue weighted by atomic mass is 32.2. The predicted molar refractivity (Wildman–Crippen MR) is 152 cm³/mol. The smallest absolute Gasteiger partial charge is 0.328 e. The quantitative estimate of drug-likeness (QED) is 0.235. The molecule has 0 radical (unpaired) electrons. The number of carbonyl (C=O) groups is 1. The Labute approximate surface area is 228 Å². The molecular weight excluding hydrogens is 516 g/mol. The molecule has 0 aliphatic carbocycles. The first kappa shape index (κ1) is 28.2. The number of hydrogen-bond acceptors (Lipinski definition) is 6. The molecule has 0 amide bonds. The maximum atomic E-state index is 13.3. The molecule has 0 fully saturated rings. The molecule has 4 aromatic rings. The molecule has 0 aliphatic rings. The van der Waals surface area contributed by atoms with Crippen LogP contribution in [0.15, 0.2) is 70.4 Å². The Morgan fingerprint density at radius 3 is 2.28 bits per heavy atom. The molecule has 0 aliphatic heterocycles. The van der Waals surface area contributed by atoms with Crippen molar-refractivity contribution in [3.8, 4) is 17.2 Å². The minimum Gasteiger partial charge on any atom is -0.493 e. The van der Waals surface area contributed by atoms with E-state index in [0.29, 0.717) is 46.0 Å². The van der Waals surface area contributed by atoms with Gasteiger partial charge >= 0.3 is 5.69 Å². The molecule has 8 nitrogen and oxygen atoms in total. The Bertz CT molecular complexity index is 1680. The van der Waals surface area contributed by atoms with Gasteiger partial charge in [0.05, 0.1) is 28.3 Å². The van der Waals surface area contributed by atoms with Gasteiger partial charge in [-0.05, 0) is 48.7 Å². The number of carbonyl (C=O) groups excluding carboxylic acids is 1. The topological polar surface area (TPSA) is 96.6 Å². The van der Waals surface area contributed by atoms with Crippen LogP contribution in [0.25, 0.3) is 11.0 Å². The lowest BCUT2D eigenvalue weighted by Gasteiger charge is -2.14. The number of rotatable bonds is 11. The van der Waals surface area contributed by atoms with E-state index in [1.54, 1.807) is 64.3 Å². The van der Waals surface area contributed by atoms with Crippen LogP contribution in [0.5, 0.6) is 17.2 Å². The zero-order valence-corrected chi connectivity index (χ0v) is 23.7. The second-order valence-corrected chi connectivity index (χ2v) is 12.0. The van der Waals surface area contributed by atoms with E-state index in [-0.39, 0.29) is 34.5 Å². The van der Waals surface area contributed by atoms with Crippen LogP contribution in [0, 0.1) is 5.92 Å². The van der Waals surface area contributed by atoms with E-state index in [2.05, 4.69) is 0 Å². The zero-order valence-electron chi connectivity index (χ0n) is 22.9. The van der Waals surface area contributed by atoms with E-state index in [1.807, 2.05) is 19.1 Å². The molecule has 1 heterocycles. The van der Waals surface area contributed by atoms with E-state index >= 15 is 0 Å². The third-order valence-corrected chi connectivity index (χ3v) is 8.32. The standard InChI is InChI=1S/C30H34N2O6S/c1-6-14-37-23-10-8-11-24(18-23)38-28-19-27-26(31(4)30(34)32(27)5)17-21(28)13-15-39(35,36)25-12-7-9-22(16-25)29(33)20(2)3/h7-12,16-20H,6,13-15H2,1-5H3. The third kappa shape index (κ3) is 6.09. The number of aromatic nitrogens is 2. The molecule has 206 valence electrons. The molecule has 4 rings (SSSR count). The minimum atomic E-state index is -3.71. The summed E-state index contributed by atoms with van der Waals surface area (Å²) in [7, 11) is -0.353. The fourth-order valence-corrected chi connectivity index (χ4v) is 5.69.